The van der Waals surface area contributed by atoms with E-state index >= 15 is 0 Å². The molecule has 5 aliphatic rings. The summed E-state index contributed by atoms with van der Waals surface area (Å²) in [6, 6.07) is 49.6. The van der Waals surface area contributed by atoms with Crippen molar-refractivity contribution in [1.82, 2.24) is 19.9 Å². The Labute approximate surface area is 304 Å². The lowest BCUT2D eigenvalue weighted by Gasteiger charge is -2.60. The monoisotopic (exact) mass is 670 g/mol. The number of benzene rings is 5. The summed E-state index contributed by atoms with van der Waals surface area (Å²) in [5, 5.41) is 0. The highest BCUT2D eigenvalue weighted by Crippen LogP contribution is 2.69. The fraction of sp³-hybridized carbons (Fsp3) is 0.208. The lowest BCUT2D eigenvalue weighted by atomic mass is 9.43. The van der Waals surface area contributed by atoms with Crippen LogP contribution in [0.1, 0.15) is 43.4 Å². The topological polar surface area (TPSA) is 51.6 Å². The predicted octanol–water partition coefficient (Wildman–Crippen LogP) is 11.3. The normalized spacial score (nSPS) is 23.5. The maximum absolute atomic E-state index is 5.20. The first-order valence-corrected chi connectivity index (χ1v) is 18.9. The van der Waals surface area contributed by atoms with Gasteiger partial charge in [0.25, 0.3) is 0 Å². The van der Waals surface area contributed by atoms with Gasteiger partial charge in [0.15, 0.2) is 17.5 Å². The Bertz CT molecular complexity index is 2320. The van der Waals surface area contributed by atoms with Gasteiger partial charge in [0.1, 0.15) is 0 Å². The van der Waals surface area contributed by atoms with Crippen LogP contribution in [0.2, 0.25) is 0 Å². The Morgan fingerprint density at radius 1 is 0.404 bits per heavy atom. The molecule has 7 aromatic rings. The standard InChI is InChI=1S/C48H38N4/c1-3-8-32(9-4-1)34-13-17-36(18-14-34)45-50-46(37-19-15-35(16-20-37)33-10-5-2-6-11-33)52-47(51-45)38-21-22-43-42(29-38)41-12-7-23-49-44(41)48(43)39-25-30-24-31(27-39)28-40(48)26-30/h1-23,29-31,39-40H,24-28H2. The number of rotatable bonds is 5. The van der Waals surface area contributed by atoms with E-state index < -0.39 is 0 Å². The Morgan fingerprint density at radius 2 is 0.865 bits per heavy atom. The highest BCUT2D eigenvalue weighted by molar-refractivity contribution is 5.84. The third kappa shape index (κ3) is 4.60. The van der Waals surface area contributed by atoms with E-state index in [1.165, 1.54) is 76.7 Å². The molecule has 4 heteroatoms. The van der Waals surface area contributed by atoms with Gasteiger partial charge in [-0.15, -0.1) is 0 Å². The zero-order valence-corrected chi connectivity index (χ0v) is 29.0. The minimum absolute atomic E-state index is 0.0360. The first-order valence-electron chi connectivity index (χ1n) is 18.9. The molecule has 0 atom stereocenters. The van der Waals surface area contributed by atoms with Crippen molar-refractivity contribution in [3.63, 3.8) is 0 Å². The van der Waals surface area contributed by atoms with E-state index in [1.54, 1.807) is 0 Å². The van der Waals surface area contributed by atoms with Crippen LogP contribution in [-0.4, -0.2) is 19.9 Å². The fourth-order valence-corrected chi connectivity index (χ4v) is 10.7. The van der Waals surface area contributed by atoms with Crippen LogP contribution in [0, 0.1) is 23.7 Å². The molecule has 12 rings (SSSR count). The average Bonchev–Trinajstić information content (AvgIpc) is 3.50. The van der Waals surface area contributed by atoms with Crippen molar-refractivity contribution in [3.05, 3.63) is 157 Å². The number of pyridine rings is 1. The fourth-order valence-electron chi connectivity index (χ4n) is 10.7. The van der Waals surface area contributed by atoms with Crippen molar-refractivity contribution in [2.45, 2.75) is 37.5 Å². The molecule has 4 fully saturated rings. The molecule has 4 saturated carbocycles. The zero-order valence-electron chi connectivity index (χ0n) is 29.0. The van der Waals surface area contributed by atoms with Crippen molar-refractivity contribution < 1.29 is 0 Å². The van der Waals surface area contributed by atoms with Gasteiger partial charge < -0.3 is 0 Å². The molecule has 0 N–H and O–H groups in total. The molecule has 250 valence electrons. The van der Waals surface area contributed by atoms with Crippen LogP contribution in [0.25, 0.3) is 67.5 Å². The van der Waals surface area contributed by atoms with Crippen LogP contribution in [0.3, 0.4) is 0 Å². The van der Waals surface area contributed by atoms with Gasteiger partial charge in [-0.3, -0.25) is 4.98 Å². The lowest BCUT2D eigenvalue weighted by molar-refractivity contribution is -0.0415. The first-order chi connectivity index (χ1) is 25.7. The van der Waals surface area contributed by atoms with Crippen molar-refractivity contribution in [1.29, 1.82) is 0 Å². The second-order valence-corrected chi connectivity index (χ2v) is 15.5. The SMILES string of the molecule is c1ccc(-c2ccc(-c3nc(-c4ccc(-c5ccccc5)cc4)nc(-c4ccc5c(c4)-c4cccnc4C54C5CC6CC(C5)CC4C6)n3)cc2)cc1. The summed E-state index contributed by atoms with van der Waals surface area (Å²) in [4.78, 5) is 20.7. The average molecular weight is 671 g/mol. The molecular weight excluding hydrogens is 633 g/mol. The van der Waals surface area contributed by atoms with Crippen LogP contribution in [0.4, 0.5) is 0 Å². The molecule has 4 nitrogen and oxygen atoms in total. The minimum Gasteiger partial charge on any atom is -0.260 e. The molecular formula is C48H38N4. The molecule has 5 aromatic carbocycles. The van der Waals surface area contributed by atoms with Crippen LogP contribution < -0.4 is 0 Å². The summed E-state index contributed by atoms with van der Waals surface area (Å²) in [6.07, 6.45) is 8.84. The van der Waals surface area contributed by atoms with Crippen molar-refractivity contribution >= 4 is 0 Å². The Kier molecular flexibility index (Phi) is 6.70. The van der Waals surface area contributed by atoms with Crippen LogP contribution >= 0.6 is 0 Å². The van der Waals surface area contributed by atoms with Gasteiger partial charge in [0.05, 0.1) is 5.69 Å². The van der Waals surface area contributed by atoms with Crippen LogP contribution in [0.15, 0.2) is 146 Å². The maximum Gasteiger partial charge on any atom is 0.164 e. The molecule has 0 saturated heterocycles. The number of nitrogens with zero attached hydrogens (tertiary/aromatic N) is 4. The third-order valence-electron chi connectivity index (χ3n) is 12.8. The van der Waals surface area contributed by atoms with Gasteiger partial charge in [-0.25, -0.2) is 15.0 Å². The summed E-state index contributed by atoms with van der Waals surface area (Å²) in [6.45, 7) is 0. The van der Waals surface area contributed by atoms with Crippen molar-refractivity contribution in [2.24, 2.45) is 23.7 Å². The van der Waals surface area contributed by atoms with Crippen LogP contribution in [-0.2, 0) is 5.41 Å². The highest BCUT2D eigenvalue weighted by Gasteiger charge is 2.62. The van der Waals surface area contributed by atoms with Gasteiger partial charge in [0, 0.05) is 33.9 Å². The third-order valence-corrected chi connectivity index (χ3v) is 12.8. The van der Waals surface area contributed by atoms with E-state index in [-0.39, 0.29) is 5.41 Å². The Balaban J connectivity index is 1.04. The van der Waals surface area contributed by atoms with Crippen molar-refractivity contribution in [2.75, 3.05) is 0 Å². The largest absolute Gasteiger partial charge is 0.260 e. The number of fused-ring (bicyclic) bond motifs is 3. The highest BCUT2D eigenvalue weighted by atomic mass is 15.0. The quantitative estimate of drug-likeness (QED) is 0.183. The molecule has 0 amide bonds. The molecule has 0 unspecified atom stereocenters. The second-order valence-electron chi connectivity index (χ2n) is 15.5. The van der Waals surface area contributed by atoms with E-state index in [9.17, 15) is 0 Å². The number of hydrogen-bond acceptors (Lipinski definition) is 4. The smallest absolute Gasteiger partial charge is 0.164 e. The summed E-state index contributed by atoms with van der Waals surface area (Å²) in [7, 11) is 0. The van der Waals surface area contributed by atoms with E-state index in [2.05, 4.69) is 140 Å². The number of hydrogen-bond donors (Lipinski definition) is 0. The van der Waals surface area contributed by atoms with Gasteiger partial charge in [0.2, 0.25) is 0 Å². The predicted molar refractivity (Wildman–Crippen MR) is 208 cm³/mol. The lowest BCUT2D eigenvalue weighted by Crippen LogP contribution is -2.55. The molecule has 2 heterocycles. The number of aromatic nitrogens is 4. The molecule has 4 bridgehead atoms. The summed E-state index contributed by atoms with van der Waals surface area (Å²) in [5.74, 6) is 5.19. The van der Waals surface area contributed by atoms with Gasteiger partial charge >= 0.3 is 0 Å². The Hall–Kier alpha value is -5.74. The molecule has 0 radical (unpaired) electrons. The van der Waals surface area contributed by atoms with Gasteiger partial charge in [-0.2, -0.15) is 0 Å². The molecule has 52 heavy (non-hydrogen) atoms. The molecule has 1 spiro atoms. The second kappa shape index (κ2) is 11.6. The van der Waals surface area contributed by atoms with Crippen molar-refractivity contribution in [3.8, 4) is 67.5 Å². The molecule has 5 aliphatic carbocycles. The van der Waals surface area contributed by atoms with E-state index in [0.717, 1.165) is 28.5 Å². The molecule has 0 aliphatic heterocycles. The minimum atomic E-state index is 0.0360. The van der Waals surface area contributed by atoms with E-state index in [1.807, 2.05) is 6.20 Å². The summed E-state index contributed by atoms with van der Waals surface area (Å²) >= 11 is 0. The first kappa shape index (κ1) is 29.9. The van der Waals surface area contributed by atoms with Gasteiger partial charge in [-0.05, 0) is 101 Å². The van der Waals surface area contributed by atoms with E-state index in [0.29, 0.717) is 29.3 Å². The maximum atomic E-state index is 5.20. The Morgan fingerprint density at radius 3 is 1.40 bits per heavy atom. The van der Waals surface area contributed by atoms with Gasteiger partial charge in [-0.1, -0.05) is 127 Å². The van der Waals surface area contributed by atoms with E-state index in [4.69, 9.17) is 19.9 Å². The van der Waals surface area contributed by atoms with Crippen LogP contribution in [0.5, 0.6) is 0 Å². The summed E-state index contributed by atoms with van der Waals surface area (Å²) < 4.78 is 0. The zero-order chi connectivity index (χ0) is 34.2. The summed E-state index contributed by atoms with van der Waals surface area (Å²) in [5.41, 5.74) is 13.1. The molecule has 2 aromatic heterocycles.